The summed E-state index contributed by atoms with van der Waals surface area (Å²) in [6, 6.07) is 5.43. The third kappa shape index (κ3) is 2.82. The Labute approximate surface area is 84.8 Å². The number of benzene rings is 1. The van der Waals surface area contributed by atoms with Crippen molar-refractivity contribution in [3.05, 3.63) is 45.8 Å². The number of aromatic carboxylic acids is 1. The first-order chi connectivity index (χ1) is 7.15. The molecular formula is C9H7N3O3. The summed E-state index contributed by atoms with van der Waals surface area (Å²) in [6.07, 6.45) is 0. The summed E-state index contributed by atoms with van der Waals surface area (Å²) in [7, 11) is 0. The lowest BCUT2D eigenvalue weighted by Crippen LogP contribution is -2.03. The number of hydrogen-bond donors (Lipinski definition) is 1. The van der Waals surface area contributed by atoms with E-state index in [1.54, 1.807) is 0 Å². The van der Waals surface area contributed by atoms with E-state index < -0.39 is 5.97 Å². The highest BCUT2D eigenvalue weighted by molar-refractivity contribution is 5.98. The molecule has 0 aliphatic rings. The Morgan fingerprint density at radius 2 is 1.80 bits per heavy atom. The van der Waals surface area contributed by atoms with Crippen molar-refractivity contribution in [2.75, 3.05) is 6.54 Å². The van der Waals surface area contributed by atoms with Crippen LogP contribution in [0.1, 0.15) is 20.7 Å². The zero-order valence-corrected chi connectivity index (χ0v) is 7.62. The molecule has 1 N–H and O–H groups in total. The van der Waals surface area contributed by atoms with Crippen molar-refractivity contribution >= 4 is 11.8 Å². The fraction of sp³-hybridized carbons (Fsp3) is 0.111. The molecule has 76 valence electrons. The number of rotatable bonds is 4. The maximum Gasteiger partial charge on any atom is 0.335 e. The van der Waals surface area contributed by atoms with Crippen LogP contribution in [0.4, 0.5) is 0 Å². The molecule has 0 aliphatic heterocycles. The Bertz CT molecular complexity index is 432. The molecule has 0 heterocycles. The van der Waals surface area contributed by atoms with Gasteiger partial charge in [0.15, 0.2) is 5.78 Å². The van der Waals surface area contributed by atoms with Gasteiger partial charge in [0.05, 0.1) is 12.1 Å². The van der Waals surface area contributed by atoms with Gasteiger partial charge in [-0.3, -0.25) is 4.79 Å². The number of azide groups is 1. The number of nitrogens with zero attached hydrogens (tertiary/aromatic N) is 3. The molecule has 1 aromatic rings. The van der Waals surface area contributed by atoms with Gasteiger partial charge < -0.3 is 5.11 Å². The van der Waals surface area contributed by atoms with Gasteiger partial charge in [-0.15, -0.1) is 0 Å². The van der Waals surface area contributed by atoms with Crippen molar-refractivity contribution in [1.82, 2.24) is 0 Å². The summed E-state index contributed by atoms with van der Waals surface area (Å²) < 4.78 is 0. The second-order valence-electron chi connectivity index (χ2n) is 2.69. The second-order valence-corrected chi connectivity index (χ2v) is 2.69. The minimum Gasteiger partial charge on any atom is -0.478 e. The molecule has 1 aromatic carbocycles. The number of carboxylic acids is 1. The van der Waals surface area contributed by atoms with E-state index in [0.717, 1.165) is 0 Å². The van der Waals surface area contributed by atoms with E-state index >= 15 is 0 Å². The van der Waals surface area contributed by atoms with Gasteiger partial charge in [-0.25, -0.2) is 4.79 Å². The maximum absolute atomic E-state index is 11.3. The van der Waals surface area contributed by atoms with Crippen LogP contribution >= 0.6 is 0 Å². The summed E-state index contributed by atoms with van der Waals surface area (Å²) >= 11 is 0. The Morgan fingerprint density at radius 3 is 2.27 bits per heavy atom. The summed E-state index contributed by atoms with van der Waals surface area (Å²) in [5.74, 6) is -1.39. The van der Waals surface area contributed by atoms with Crippen molar-refractivity contribution in [3.63, 3.8) is 0 Å². The SMILES string of the molecule is [N-]=[N+]=NCC(=O)c1ccc(C(=O)O)cc1. The lowest BCUT2D eigenvalue weighted by atomic mass is 10.1. The highest BCUT2D eigenvalue weighted by Crippen LogP contribution is 2.05. The molecule has 0 radical (unpaired) electrons. The maximum atomic E-state index is 11.3. The molecule has 0 saturated heterocycles. The van der Waals surface area contributed by atoms with Gasteiger partial charge in [0.1, 0.15) is 0 Å². The average molecular weight is 205 g/mol. The van der Waals surface area contributed by atoms with Crippen molar-refractivity contribution in [3.8, 4) is 0 Å². The van der Waals surface area contributed by atoms with E-state index in [1.807, 2.05) is 0 Å². The molecule has 0 saturated carbocycles. The smallest absolute Gasteiger partial charge is 0.335 e. The molecule has 0 aromatic heterocycles. The molecule has 1 rings (SSSR count). The molecule has 0 spiro atoms. The predicted molar refractivity (Wildman–Crippen MR) is 51.7 cm³/mol. The number of carbonyl (C=O) groups is 2. The van der Waals surface area contributed by atoms with Crippen molar-refractivity contribution in [1.29, 1.82) is 0 Å². The highest BCUT2D eigenvalue weighted by atomic mass is 16.4. The minimum atomic E-state index is -1.05. The Balaban J connectivity index is 2.84. The molecule has 15 heavy (non-hydrogen) atoms. The van der Waals surface area contributed by atoms with E-state index in [4.69, 9.17) is 10.6 Å². The van der Waals surface area contributed by atoms with Crippen LogP contribution in [0.15, 0.2) is 29.4 Å². The van der Waals surface area contributed by atoms with Crippen LogP contribution in [-0.2, 0) is 0 Å². The summed E-state index contributed by atoms with van der Waals surface area (Å²) in [5.41, 5.74) is 8.44. The van der Waals surface area contributed by atoms with Gasteiger partial charge >= 0.3 is 5.97 Å². The summed E-state index contributed by atoms with van der Waals surface area (Å²) in [4.78, 5) is 24.2. The topological polar surface area (TPSA) is 103 Å². The largest absolute Gasteiger partial charge is 0.478 e. The van der Waals surface area contributed by atoms with Crippen molar-refractivity contribution < 1.29 is 14.7 Å². The fourth-order valence-corrected chi connectivity index (χ4v) is 0.986. The summed E-state index contributed by atoms with van der Waals surface area (Å²) in [5, 5.41) is 11.7. The zero-order chi connectivity index (χ0) is 11.3. The highest BCUT2D eigenvalue weighted by Gasteiger charge is 2.06. The van der Waals surface area contributed by atoms with Gasteiger partial charge in [0, 0.05) is 10.5 Å². The molecule has 0 aliphatic carbocycles. The predicted octanol–water partition coefficient (Wildman–Crippen LogP) is 1.88. The monoisotopic (exact) mass is 205 g/mol. The standard InChI is InChI=1S/C9H7N3O3/c10-12-11-5-8(13)6-1-3-7(4-2-6)9(14)15/h1-4H,5H2,(H,14,15). The van der Waals surface area contributed by atoms with Gasteiger partial charge in [0.2, 0.25) is 0 Å². The van der Waals surface area contributed by atoms with Gasteiger partial charge in [-0.2, -0.15) is 0 Å². The van der Waals surface area contributed by atoms with Crippen molar-refractivity contribution in [2.45, 2.75) is 0 Å². The Kier molecular flexibility index (Phi) is 3.43. The molecule has 0 unspecified atom stereocenters. The number of Topliss-reactive ketones (excluding diaryl/α,β-unsaturated/α-hetero) is 1. The van der Waals surface area contributed by atoms with Crippen LogP contribution in [0, 0.1) is 0 Å². The first kappa shape index (κ1) is 10.7. The number of ketones is 1. The van der Waals surface area contributed by atoms with E-state index in [0.29, 0.717) is 5.56 Å². The number of hydrogen-bond acceptors (Lipinski definition) is 3. The van der Waals surface area contributed by atoms with Gasteiger partial charge in [0.25, 0.3) is 0 Å². The van der Waals surface area contributed by atoms with E-state index in [1.165, 1.54) is 24.3 Å². The minimum absolute atomic E-state index is 0.107. The molecular weight excluding hydrogens is 198 g/mol. The molecule has 0 atom stereocenters. The first-order valence-electron chi connectivity index (χ1n) is 4.02. The lowest BCUT2D eigenvalue weighted by Gasteiger charge is -1.97. The van der Waals surface area contributed by atoms with E-state index in [-0.39, 0.29) is 17.9 Å². The van der Waals surface area contributed by atoms with Crippen LogP contribution in [-0.4, -0.2) is 23.4 Å². The van der Waals surface area contributed by atoms with Crippen LogP contribution in [0.25, 0.3) is 10.4 Å². The Hall–Kier alpha value is -2.33. The van der Waals surface area contributed by atoms with E-state index in [2.05, 4.69) is 10.0 Å². The normalized spacial score (nSPS) is 9.07. The first-order valence-corrected chi connectivity index (χ1v) is 4.02. The molecule has 0 fully saturated rings. The molecule has 6 heteroatoms. The molecule has 0 bridgehead atoms. The number of carbonyl (C=O) groups excluding carboxylic acids is 1. The van der Waals surface area contributed by atoms with Gasteiger partial charge in [-0.05, 0) is 17.7 Å². The lowest BCUT2D eigenvalue weighted by molar-refractivity contribution is 0.0696. The number of carboxylic acid groups (broad SMARTS) is 1. The fourth-order valence-electron chi connectivity index (χ4n) is 0.986. The van der Waals surface area contributed by atoms with Crippen molar-refractivity contribution in [2.24, 2.45) is 5.11 Å². The van der Waals surface area contributed by atoms with Crippen LogP contribution in [0.3, 0.4) is 0 Å². The quantitative estimate of drug-likeness (QED) is 0.351. The average Bonchev–Trinajstić information content (AvgIpc) is 2.26. The van der Waals surface area contributed by atoms with E-state index in [9.17, 15) is 9.59 Å². The van der Waals surface area contributed by atoms with Crippen LogP contribution in [0.2, 0.25) is 0 Å². The zero-order valence-electron chi connectivity index (χ0n) is 7.62. The second kappa shape index (κ2) is 4.78. The van der Waals surface area contributed by atoms with Crippen LogP contribution < -0.4 is 0 Å². The van der Waals surface area contributed by atoms with Crippen LogP contribution in [0.5, 0.6) is 0 Å². The summed E-state index contributed by atoms with van der Waals surface area (Å²) in [6.45, 7) is -0.261. The van der Waals surface area contributed by atoms with Gasteiger partial charge in [-0.1, -0.05) is 17.2 Å². The third-order valence-corrected chi connectivity index (χ3v) is 1.73. The molecule has 6 nitrogen and oxygen atoms in total. The Morgan fingerprint density at radius 1 is 1.27 bits per heavy atom. The third-order valence-electron chi connectivity index (χ3n) is 1.73. The molecule has 0 amide bonds.